The molecule has 0 saturated heterocycles. The highest BCUT2D eigenvalue weighted by Crippen LogP contribution is 2.18. The molecule has 3 aromatic rings. The van der Waals surface area contributed by atoms with Crippen LogP contribution in [0.1, 0.15) is 28.9 Å². The van der Waals surface area contributed by atoms with E-state index >= 15 is 0 Å². The molecular weight excluding hydrogens is 340 g/mol. The molecule has 1 amide bonds. The van der Waals surface area contributed by atoms with Crippen LogP contribution in [0.3, 0.4) is 0 Å². The van der Waals surface area contributed by atoms with Crippen molar-refractivity contribution in [2.24, 2.45) is 0 Å². The zero-order valence-corrected chi connectivity index (χ0v) is 15.0. The van der Waals surface area contributed by atoms with Crippen molar-refractivity contribution in [3.8, 4) is 0 Å². The Kier molecular flexibility index (Phi) is 5.89. The molecule has 0 aliphatic heterocycles. The molecule has 27 heavy (non-hydrogen) atoms. The molecule has 0 fully saturated rings. The van der Waals surface area contributed by atoms with Crippen molar-refractivity contribution in [1.29, 1.82) is 0 Å². The van der Waals surface area contributed by atoms with Crippen LogP contribution in [0.5, 0.6) is 0 Å². The third kappa shape index (κ3) is 5.47. The first-order valence-electron chi connectivity index (χ1n) is 8.64. The fourth-order valence-corrected chi connectivity index (χ4v) is 2.53. The number of ketones is 1. The first-order chi connectivity index (χ1) is 13.1. The second kappa shape index (κ2) is 8.71. The van der Waals surface area contributed by atoms with Gasteiger partial charge in [0.15, 0.2) is 5.78 Å². The summed E-state index contributed by atoms with van der Waals surface area (Å²) in [5.41, 5.74) is 3.03. The quantitative estimate of drug-likeness (QED) is 0.619. The number of anilines is 3. The zero-order chi connectivity index (χ0) is 19.1. The van der Waals surface area contributed by atoms with E-state index in [2.05, 4.69) is 20.6 Å². The normalized spacial score (nSPS) is 10.3. The molecule has 0 atom stereocenters. The van der Waals surface area contributed by atoms with Gasteiger partial charge in [-0.25, -0.2) is 9.97 Å². The van der Waals surface area contributed by atoms with Gasteiger partial charge in [0.05, 0.1) is 0 Å². The Bertz CT molecular complexity index is 924. The summed E-state index contributed by atoms with van der Waals surface area (Å²) in [7, 11) is 0. The number of carbonyl (C=O) groups excluding carboxylic acids is 2. The molecule has 0 saturated carbocycles. The van der Waals surface area contributed by atoms with Gasteiger partial charge in [-0.15, -0.1) is 0 Å². The summed E-state index contributed by atoms with van der Waals surface area (Å²) < 4.78 is 0. The van der Waals surface area contributed by atoms with E-state index in [0.29, 0.717) is 17.1 Å². The van der Waals surface area contributed by atoms with E-state index in [-0.39, 0.29) is 24.5 Å². The van der Waals surface area contributed by atoms with Gasteiger partial charge in [-0.2, -0.15) is 0 Å². The number of Topliss-reactive ketones (excluding diaryl/α,β-unsaturated/α-hetero) is 1. The Balaban J connectivity index is 1.50. The molecule has 6 nitrogen and oxygen atoms in total. The minimum absolute atomic E-state index is 0.0366. The first kappa shape index (κ1) is 18.3. The summed E-state index contributed by atoms with van der Waals surface area (Å²) in [5, 5.41) is 5.98. The molecule has 0 radical (unpaired) electrons. The predicted octanol–water partition coefficient (Wildman–Crippen LogP) is 4.13. The van der Waals surface area contributed by atoms with Crippen LogP contribution in [0.4, 0.5) is 17.2 Å². The Hall–Kier alpha value is -3.54. The monoisotopic (exact) mass is 360 g/mol. The van der Waals surface area contributed by atoms with E-state index < -0.39 is 0 Å². The van der Waals surface area contributed by atoms with Gasteiger partial charge in [0.2, 0.25) is 5.91 Å². The van der Waals surface area contributed by atoms with E-state index in [9.17, 15) is 9.59 Å². The molecule has 0 bridgehead atoms. The fraction of sp³-hybridized carbons (Fsp3) is 0.143. The van der Waals surface area contributed by atoms with E-state index in [1.165, 1.54) is 6.33 Å². The van der Waals surface area contributed by atoms with Gasteiger partial charge >= 0.3 is 0 Å². The predicted molar refractivity (Wildman–Crippen MR) is 105 cm³/mol. The molecule has 0 aliphatic rings. The molecule has 2 N–H and O–H groups in total. The van der Waals surface area contributed by atoms with E-state index in [0.717, 1.165) is 11.4 Å². The second-order valence-corrected chi connectivity index (χ2v) is 6.08. The number of hydrogen-bond donors (Lipinski definition) is 2. The topological polar surface area (TPSA) is 84.0 Å². The number of amides is 1. The molecule has 0 unspecified atom stereocenters. The molecule has 0 spiro atoms. The minimum atomic E-state index is -0.189. The van der Waals surface area contributed by atoms with Crippen molar-refractivity contribution in [3.63, 3.8) is 0 Å². The van der Waals surface area contributed by atoms with Crippen LogP contribution in [-0.4, -0.2) is 21.7 Å². The average molecular weight is 360 g/mol. The summed E-state index contributed by atoms with van der Waals surface area (Å²) in [6, 6.07) is 18.1. The Morgan fingerprint density at radius 2 is 1.59 bits per heavy atom. The fourth-order valence-electron chi connectivity index (χ4n) is 2.53. The number of rotatable bonds is 7. The van der Waals surface area contributed by atoms with Crippen molar-refractivity contribution < 1.29 is 9.59 Å². The van der Waals surface area contributed by atoms with Crippen molar-refractivity contribution in [3.05, 3.63) is 78.2 Å². The summed E-state index contributed by atoms with van der Waals surface area (Å²) in [4.78, 5) is 32.3. The highest BCUT2D eigenvalue weighted by atomic mass is 16.2. The standard InChI is InChI=1S/C21H20N4O2/c1-15-13-20(23-14-22-15)24-17-7-9-18(10-8-17)25-21(27)12-11-19(26)16-5-3-2-4-6-16/h2-10,13-14H,11-12H2,1H3,(H,25,27)(H,22,23,24). The van der Waals surface area contributed by atoms with Crippen LogP contribution in [0.2, 0.25) is 0 Å². The van der Waals surface area contributed by atoms with Gasteiger partial charge in [-0.3, -0.25) is 9.59 Å². The Labute approximate surface area is 157 Å². The van der Waals surface area contributed by atoms with Crippen molar-refractivity contribution in [2.75, 3.05) is 10.6 Å². The van der Waals surface area contributed by atoms with Gasteiger partial charge in [0.25, 0.3) is 0 Å². The van der Waals surface area contributed by atoms with Crippen LogP contribution >= 0.6 is 0 Å². The largest absolute Gasteiger partial charge is 0.340 e. The molecule has 1 aromatic heterocycles. The Morgan fingerprint density at radius 3 is 2.30 bits per heavy atom. The van der Waals surface area contributed by atoms with E-state index in [1.54, 1.807) is 24.3 Å². The maximum Gasteiger partial charge on any atom is 0.224 e. The van der Waals surface area contributed by atoms with Crippen LogP contribution in [0.25, 0.3) is 0 Å². The number of nitrogens with zero attached hydrogens (tertiary/aromatic N) is 2. The SMILES string of the molecule is Cc1cc(Nc2ccc(NC(=O)CCC(=O)c3ccccc3)cc2)ncn1. The third-order valence-electron chi connectivity index (χ3n) is 3.92. The number of nitrogens with one attached hydrogen (secondary N) is 2. The van der Waals surface area contributed by atoms with Gasteiger partial charge in [0.1, 0.15) is 12.1 Å². The number of hydrogen-bond acceptors (Lipinski definition) is 5. The summed E-state index contributed by atoms with van der Waals surface area (Å²) in [5.74, 6) is 0.482. The summed E-state index contributed by atoms with van der Waals surface area (Å²) >= 11 is 0. The summed E-state index contributed by atoms with van der Waals surface area (Å²) in [6.45, 7) is 1.90. The van der Waals surface area contributed by atoms with Crippen LogP contribution in [0.15, 0.2) is 67.0 Å². The molecule has 6 heteroatoms. The van der Waals surface area contributed by atoms with Gasteiger partial charge in [0, 0.05) is 41.5 Å². The molecule has 136 valence electrons. The lowest BCUT2D eigenvalue weighted by Crippen LogP contribution is -2.13. The van der Waals surface area contributed by atoms with E-state index in [1.807, 2.05) is 43.3 Å². The van der Waals surface area contributed by atoms with Gasteiger partial charge in [-0.1, -0.05) is 30.3 Å². The first-order valence-corrected chi connectivity index (χ1v) is 8.64. The third-order valence-corrected chi connectivity index (χ3v) is 3.92. The van der Waals surface area contributed by atoms with Crippen molar-refractivity contribution in [2.45, 2.75) is 19.8 Å². The Morgan fingerprint density at radius 1 is 0.889 bits per heavy atom. The van der Waals surface area contributed by atoms with Crippen molar-refractivity contribution in [1.82, 2.24) is 9.97 Å². The molecule has 2 aromatic carbocycles. The molecular formula is C21H20N4O2. The lowest BCUT2D eigenvalue weighted by molar-refractivity contribution is -0.116. The van der Waals surface area contributed by atoms with E-state index in [4.69, 9.17) is 0 Å². The number of carbonyl (C=O) groups is 2. The number of aryl methyl sites for hydroxylation is 1. The highest BCUT2D eigenvalue weighted by Gasteiger charge is 2.09. The second-order valence-electron chi connectivity index (χ2n) is 6.08. The summed E-state index contributed by atoms with van der Waals surface area (Å²) in [6.07, 6.45) is 1.83. The molecule has 3 rings (SSSR count). The van der Waals surface area contributed by atoms with Crippen LogP contribution in [-0.2, 0) is 4.79 Å². The van der Waals surface area contributed by atoms with Gasteiger partial charge in [-0.05, 0) is 31.2 Å². The highest BCUT2D eigenvalue weighted by molar-refractivity contribution is 6.00. The van der Waals surface area contributed by atoms with Crippen LogP contribution < -0.4 is 10.6 Å². The smallest absolute Gasteiger partial charge is 0.224 e. The number of benzene rings is 2. The average Bonchev–Trinajstić information content (AvgIpc) is 2.68. The lowest BCUT2D eigenvalue weighted by atomic mass is 10.1. The maximum atomic E-state index is 12.1. The van der Waals surface area contributed by atoms with Crippen LogP contribution in [0, 0.1) is 6.92 Å². The lowest BCUT2D eigenvalue weighted by Gasteiger charge is -2.08. The minimum Gasteiger partial charge on any atom is -0.340 e. The molecule has 0 aliphatic carbocycles. The number of aromatic nitrogens is 2. The molecule has 1 heterocycles. The maximum absolute atomic E-state index is 12.1. The van der Waals surface area contributed by atoms with Crippen molar-refractivity contribution >= 4 is 28.9 Å². The zero-order valence-electron chi connectivity index (χ0n) is 15.0. The van der Waals surface area contributed by atoms with Gasteiger partial charge < -0.3 is 10.6 Å².